The minimum absolute atomic E-state index is 0.0161. The molecule has 3 aromatic rings. The molecule has 0 atom stereocenters. The summed E-state index contributed by atoms with van der Waals surface area (Å²) in [6.45, 7) is 6.48. The van der Waals surface area contributed by atoms with E-state index in [9.17, 15) is 26.3 Å². The first-order valence-electron chi connectivity index (χ1n) is 10.4. The van der Waals surface area contributed by atoms with Crippen LogP contribution in [-0.4, -0.2) is 43.7 Å². The SMILES string of the molecule is CC.CC1(Nc2nc(Nc3ccnc(C(F)(F)F)c3)nc(-c3cccc(C(F)(F)F)n3)n2)COC1. The molecule has 4 rings (SSSR count). The smallest absolute Gasteiger partial charge is 0.376 e. The topological polar surface area (TPSA) is 97.7 Å². The van der Waals surface area contributed by atoms with Crippen molar-refractivity contribution in [1.82, 2.24) is 24.9 Å². The van der Waals surface area contributed by atoms with Crippen molar-refractivity contribution in [2.75, 3.05) is 23.8 Å². The molecule has 8 nitrogen and oxygen atoms in total. The molecule has 0 aliphatic carbocycles. The highest BCUT2D eigenvalue weighted by Crippen LogP contribution is 2.31. The second-order valence-electron chi connectivity index (χ2n) is 7.44. The number of anilines is 3. The Kier molecular flexibility index (Phi) is 7.43. The quantitative estimate of drug-likeness (QED) is 0.453. The third-order valence-corrected chi connectivity index (χ3v) is 4.47. The number of nitrogens with one attached hydrogen (secondary N) is 2. The van der Waals surface area contributed by atoms with Crippen LogP contribution in [0.1, 0.15) is 32.2 Å². The van der Waals surface area contributed by atoms with E-state index in [1.165, 1.54) is 12.1 Å². The minimum atomic E-state index is -4.69. The van der Waals surface area contributed by atoms with Crippen molar-refractivity contribution < 1.29 is 31.1 Å². The average molecular weight is 501 g/mol. The molecule has 1 fully saturated rings. The predicted molar refractivity (Wildman–Crippen MR) is 115 cm³/mol. The van der Waals surface area contributed by atoms with Crippen molar-refractivity contribution in [2.24, 2.45) is 0 Å². The van der Waals surface area contributed by atoms with Crippen LogP contribution in [0.3, 0.4) is 0 Å². The molecule has 1 aliphatic heterocycles. The van der Waals surface area contributed by atoms with Gasteiger partial charge in [0.2, 0.25) is 11.9 Å². The zero-order chi connectivity index (χ0) is 25.9. The van der Waals surface area contributed by atoms with Crippen LogP contribution in [0.25, 0.3) is 11.5 Å². The lowest BCUT2D eigenvalue weighted by Crippen LogP contribution is -2.53. The maximum absolute atomic E-state index is 13.1. The van der Waals surface area contributed by atoms with Crippen molar-refractivity contribution in [3.8, 4) is 11.5 Å². The summed E-state index contributed by atoms with van der Waals surface area (Å²) in [7, 11) is 0. The summed E-state index contributed by atoms with van der Waals surface area (Å²) in [5.74, 6) is -0.433. The van der Waals surface area contributed by atoms with Crippen LogP contribution in [0.4, 0.5) is 43.9 Å². The number of rotatable bonds is 5. The van der Waals surface area contributed by atoms with Crippen LogP contribution in [0.2, 0.25) is 0 Å². The third kappa shape index (κ3) is 6.53. The molecule has 0 unspecified atom stereocenters. The van der Waals surface area contributed by atoms with Gasteiger partial charge >= 0.3 is 12.4 Å². The zero-order valence-corrected chi connectivity index (χ0v) is 18.8. The second kappa shape index (κ2) is 9.98. The van der Waals surface area contributed by atoms with Gasteiger partial charge in [0.25, 0.3) is 0 Å². The van der Waals surface area contributed by atoms with E-state index in [0.717, 1.165) is 24.4 Å². The molecule has 4 heterocycles. The monoisotopic (exact) mass is 501 g/mol. The lowest BCUT2D eigenvalue weighted by atomic mass is 10.0. The summed E-state index contributed by atoms with van der Waals surface area (Å²) in [4.78, 5) is 19.2. The molecule has 3 aromatic heterocycles. The predicted octanol–water partition coefficient (Wildman–Crippen LogP) is 5.34. The Labute approximate surface area is 196 Å². The summed E-state index contributed by atoms with van der Waals surface area (Å²) >= 11 is 0. The number of alkyl halides is 6. The highest BCUT2D eigenvalue weighted by Gasteiger charge is 2.35. The highest BCUT2D eigenvalue weighted by atomic mass is 19.4. The van der Waals surface area contributed by atoms with E-state index in [4.69, 9.17) is 4.74 Å². The number of ether oxygens (including phenoxy) is 1. The first-order valence-corrected chi connectivity index (χ1v) is 10.4. The van der Waals surface area contributed by atoms with E-state index >= 15 is 0 Å². The van der Waals surface area contributed by atoms with Crippen LogP contribution < -0.4 is 10.6 Å². The fourth-order valence-corrected chi connectivity index (χ4v) is 2.86. The van der Waals surface area contributed by atoms with Gasteiger partial charge in [-0.25, -0.2) is 4.98 Å². The average Bonchev–Trinajstić information content (AvgIpc) is 2.78. The minimum Gasteiger partial charge on any atom is -0.376 e. The Morgan fingerprint density at radius 3 is 2.11 bits per heavy atom. The summed E-state index contributed by atoms with van der Waals surface area (Å²) in [5, 5.41) is 5.61. The molecule has 188 valence electrons. The van der Waals surface area contributed by atoms with Crippen molar-refractivity contribution in [3.05, 3.63) is 47.9 Å². The van der Waals surface area contributed by atoms with Crippen LogP contribution in [0, 0.1) is 0 Å². The first kappa shape index (κ1) is 26.1. The van der Waals surface area contributed by atoms with Crippen LogP contribution in [-0.2, 0) is 17.1 Å². The Balaban J connectivity index is 0.00000167. The van der Waals surface area contributed by atoms with Crippen molar-refractivity contribution >= 4 is 17.6 Å². The fraction of sp³-hybridized carbons (Fsp3) is 0.381. The molecule has 0 amide bonds. The number of halogens is 6. The van der Waals surface area contributed by atoms with Crippen molar-refractivity contribution in [3.63, 3.8) is 0 Å². The lowest BCUT2D eigenvalue weighted by Gasteiger charge is -2.38. The Morgan fingerprint density at radius 2 is 1.51 bits per heavy atom. The normalized spacial score (nSPS) is 14.9. The fourth-order valence-electron chi connectivity index (χ4n) is 2.86. The Morgan fingerprint density at radius 1 is 0.857 bits per heavy atom. The van der Waals surface area contributed by atoms with E-state index in [1.54, 1.807) is 0 Å². The number of hydrogen-bond donors (Lipinski definition) is 2. The summed E-state index contributed by atoms with van der Waals surface area (Å²) < 4.78 is 83.3. The largest absolute Gasteiger partial charge is 0.433 e. The standard InChI is InChI=1S/C19H15F6N7O.C2H6/c1-17(8-33-9-17)32-16-30-14(11-3-2-4-12(28-11)18(20,21)22)29-15(31-16)27-10-5-6-26-13(7-10)19(23,24)25;1-2/h2-7H,8-9H2,1H3,(H2,26,27,29,30,31,32);1-2H3. The molecule has 0 radical (unpaired) electrons. The van der Waals surface area contributed by atoms with E-state index < -0.39 is 29.3 Å². The van der Waals surface area contributed by atoms with Gasteiger partial charge in [-0.05, 0) is 31.2 Å². The number of hydrogen-bond acceptors (Lipinski definition) is 8. The Bertz CT molecular complexity index is 1170. The van der Waals surface area contributed by atoms with Gasteiger partial charge < -0.3 is 15.4 Å². The third-order valence-electron chi connectivity index (χ3n) is 4.47. The van der Waals surface area contributed by atoms with Gasteiger partial charge in [0.05, 0.1) is 18.8 Å². The van der Waals surface area contributed by atoms with Gasteiger partial charge in [0.1, 0.15) is 17.1 Å². The summed E-state index contributed by atoms with van der Waals surface area (Å²) in [5.41, 5.74) is -3.04. The molecule has 35 heavy (non-hydrogen) atoms. The van der Waals surface area contributed by atoms with E-state index in [1.807, 2.05) is 20.8 Å². The molecule has 1 saturated heterocycles. The molecule has 0 spiro atoms. The maximum Gasteiger partial charge on any atom is 0.433 e. The molecular formula is C21H21F6N7O. The van der Waals surface area contributed by atoms with Crippen molar-refractivity contribution in [1.29, 1.82) is 0 Å². The van der Waals surface area contributed by atoms with Gasteiger partial charge in [-0.3, -0.25) is 4.98 Å². The zero-order valence-electron chi connectivity index (χ0n) is 18.8. The molecule has 0 saturated carbocycles. The molecule has 0 bridgehead atoms. The summed E-state index contributed by atoms with van der Waals surface area (Å²) in [6, 6.07) is 5.23. The van der Waals surface area contributed by atoms with E-state index in [-0.39, 0.29) is 29.1 Å². The van der Waals surface area contributed by atoms with Crippen molar-refractivity contribution in [2.45, 2.75) is 38.7 Å². The van der Waals surface area contributed by atoms with Gasteiger partial charge in [-0.2, -0.15) is 41.3 Å². The number of nitrogens with zero attached hydrogens (tertiary/aromatic N) is 5. The van der Waals surface area contributed by atoms with Gasteiger partial charge in [-0.1, -0.05) is 19.9 Å². The van der Waals surface area contributed by atoms with Crippen LogP contribution in [0.15, 0.2) is 36.5 Å². The van der Waals surface area contributed by atoms with Gasteiger partial charge in [-0.15, -0.1) is 0 Å². The second-order valence-corrected chi connectivity index (χ2v) is 7.44. The van der Waals surface area contributed by atoms with Gasteiger partial charge in [0.15, 0.2) is 5.82 Å². The maximum atomic E-state index is 13.1. The summed E-state index contributed by atoms with van der Waals surface area (Å²) in [6.07, 6.45) is -8.41. The lowest BCUT2D eigenvalue weighted by molar-refractivity contribution is -0.141. The Hall–Kier alpha value is -3.55. The van der Waals surface area contributed by atoms with Gasteiger partial charge in [0, 0.05) is 11.9 Å². The first-order chi connectivity index (χ1) is 16.4. The molecular weight excluding hydrogens is 480 g/mol. The molecule has 0 aromatic carbocycles. The molecule has 14 heteroatoms. The highest BCUT2D eigenvalue weighted by molar-refractivity contribution is 5.59. The van der Waals surface area contributed by atoms with Crippen LogP contribution >= 0.6 is 0 Å². The number of aromatic nitrogens is 5. The van der Waals surface area contributed by atoms with Crippen LogP contribution in [0.5, 0.6) is 0 Å². The molecule has 1 aliphatic rings. The van der Waals surface area contributed by atoms with E-state index in [2.05, 4.69) is 35.6 Å². The molecule has 2 N–H and O–H groups in total. The van der Waals surface area contributed by atoms with E-state index in [0.29, 0.717) is 13.2 Å². The number of pyridine rings is 2.